The Morgan fingerprint density at radius 3 is 2.50 bits per heavy atom. The lowest BCUT2D eigenvalue weighted by molar-refractivity contribution is -0.0917. The fraction of sp³-hybridized carbons (Fsp3) is 0.846. The molecule has 3 nitrogen and oxygen atoms in total. The summed E-state index contributed by atoms with van der Waals surface area (Å²) >= 11 is 0. The van der Waals surface area contributed by atoms with Gasteiger partial charge in [0.25, 0.3) is 0 Å². The molecule has 0 aliphatic heterocycles. The van der Waals surface area contributed by atoms with Crippen LogP contribution >= 0.6 is 0 Å². The summed E-state index contributed by atoms with van der Waals surface area (Å²) < 4.78 is 11.2. The Kier molecular flexibility index (Phi) is 7.64. The maximum Gasteiger partial charge on any atom is 0.0654 e. The van der Waals surface area contributed by atoms with Crippen molar-refractivity contribution in [2.45, 2.75) is 58.3 Å². The van der Waals surface area contributed by atoms with Crippen LogP contribution in [0.5, 0.6) is 0 Å². The monoisotopic (exact) mass is 230 g/mol. The Morgan fingerprint density at radius 2 is 2.00 bits per heavy atom. The first-order chi connectivity index (χ1) is 7.37. The average molecular weight is 230 g/mol. The quantitative estimate of drug-likeness (QED) is 0.488. The molecule has 0 heterocycles. The molecule has 0 aromatic carbocycles. The smallest absolute Gasteiger partial charge is 0.0654 e. The molecule has 0 fully saturated rings. The van der Waals surface area contributed by atoms with Crippen molar-refractivity contribution in [3.8, 4) is 0 Å². The molecule has 0 aromatic heterocycles. The van der Waals surface area contributed by atoms with Crippen molar-refractivity contribution in [1.29, 1.82) is 0 Å². The molecule has 0 saturated heterocycles. The molecule has 3 heteroatoms. The topological polar surface area (TPSA) is 38.7 Å². The van der Waals surface area contributed by atoms with Gasteiger partial charge in [-0.15, -0.1) is 6.58 Å². The summed E-state index contributed by atoms with van der Waals surface area (Å²) in [6.07, 6.45) is 3.04. The van der Waals surface area contributed by atoms with Crippen LogP contribution in [-0.2, 0) is 9.47 Å². The van der Waals surface area contributed by atoms with Gasteiger partial charge in [-0.1, -0.05) is 6.08 Å². The van der Waals surface area contributed by atoms with E-state index in [1.807, 2.05) is 20.8 Å². The van der Waals surface area contributed by atoms with Gasteiger partial charge in [0.2, 0.25) is 0 Å². The predicted molar refractivity (Wildman–Crippen MR) is 66.6 cm³/mol. The van der Waals surface area contributed by atoms with Gasteiger partial charge in [-0.3, -0.25) is 0 Å². The van der Waals surface area contributed by atoms with Crippen molar-refractivity contribution < 1.29 is 14.6 Å². The number of aliphatic hydroxyl groups is 1. The second-order valence-corrected chi connectivity index (χ2v) is 4.89. The van der Waals surface area contributed by atoms with Gasteiger partial charge >= 0.3 is 0 Å². The summed E-state index contributed by atoms with van der Waals surface area (Å²) in [4.78, 5) is 0. The van der Waals surface area contributed by atoms with E-state index in [9.17, 15) is 5.11 Å². The number of rotatable bonds is 9. The minimum atomic E-state index is -0.334. The van der Waals surface area contributed by atoms with Crippen LogP contribution in [0.4, 0.5) is 0 Å². The summed E-state index contributed by atoms with van der Waals surface area (Å²) in [5.41, 5.74) is -0.286. The first kappa shape index (κ1) is 15.6. The summed E-state index contributed by atoms with van der Waals surface area (Å²) in [6, 6.07) is 0. The van der Waals surface area contributed by atoms with E-state index in [1.165, 1.54) is 0 Å². The highest BCUT2D eigenvalue weighted by Crippen LogP contribution is 2.20. The van der Waals surface area contributed by atoms with E-state index in [1.54, 1.807) is 13.0 Å². The van der Waals surface area contributed by atoms with Crippen molar-refractivity contribution in [2.75, 3.05) is 13.2 Å². The Labute approximate surface area is 99.5 Å². The molecule has 0 bridgehead atoms. The molecule has 0 aliphatic carbocycles. The fourth-order valence-electron chi connectivity index (χ4n) is 1.78. The molecule has 16 heavy (non-hydrogen) atoms. The van der Waals surface area contributed by atoms with Gasteiger partial charge in [-0.05, 0) is 34.1 Å². The molecular formula is C13H26O3. The van der Waals surface area contributed by atoms with Gasteiger partial charge in [0.1, 0.15) is 0 Å². The van der Waals surface area contributed by atoms with Gasteiger partial charge in [0.05, 0.1) is 24.4 Å². The predicted octanol–water partition coefficient (Wildman–Crippen LogP) is 2.53. The van der Waals surface area contributed by atoms with Crippen LogP contribution in [0.1, 0.15) is 40.5 Å². The van der Waals surface area contributed by atoms with Crippen LogP contribution in [0.2, 0.25) is 0 Å². The number of aliphatic hydroxyl groups excluding tert-OH is 1. The molecule has 1 N–H and O–H groups in total. The maximum absolute atomic E-state index is 9.33. The van der Waals surface area contributed by atoms with Crippen LogP contribution in [0.15, 0.2) is 12.7 Å². The highest BCUT2D eigenvalue weighted by molar-refractivity contribution is 4.73. The van der Waals surface area contributed by atoms with E-state index in [0.717, 1.165) is 6.42 Å². The molecule has 0 radical (unpaired) electrons. The summed E-state index contributed by atoms with van der Waals surface area (Å²) in [7, 11) is 0. The standard InChI is InChI=1S/C13H26O3/c1-6-8-15-9-7-12(3)16-13(4,5)10-11(2)14/h6,11-12,14H,1,7-10H2,2-5H3. The van der Waals surface area contributed by atoms with Crippen molar-refractivity contribution in [3.63, 3.8) is 0 Å². The highest BCUT2D eigenvalue weighted by atomic mass is 16.5. The number of hydrogen-bond donors (Lipinski definition) is 1. The van der Waals surface area contributed by atoms with Gasteiger partial charge < -0.3 is 14.6 Å². The third-order valence-electron chi connectivity index (χ3n) is 2.21. The Morgan fingerprint density at radius 1 is 1.38 bits per heavy atom. The van der Waals surface area contributed by atoms with E-state index in [4.69, 9.17) is 9.47 Å². The highest BCUT2D eigenvalue weighted by Gasteiger charge is 2.23. The molecule has 2 unspecified atom stereocenters. The summed E-state index contributed by atoms with van der Waals surface area (Å²) in [5.74, 6) is 0. The lowest BCUT2D eigenvalue weighted by Crippen LogP contribution is -2.33. The largest absolute Gasteiger partial charge is 0.393 e. The van der Waals surface area contributed by atoms with Gasteiger partial charge in [0, 0.05) is 13.0 Å². The Hall–Kier alpha value is -0.380. The van der Waals surface area contributed by atoms with Crippen molar-refractivity contribution in [1.82, 2.24) is 0 Å². The van der Waals surface area contributed by atoms with Crippen molar-refractivity contribution in [2.24, 2.45) is 0 Å². The molecule has 2 atom stereocenters. The normalized spacial score (nSPS) is 15.8. The Balaban J connectivity index is 3.75. The minimum Gasteiger partial charge on any atom is -0.393 e. The lowest BCUT2D eigenvalue weighted by atomic mass is 10.0. The molecule has 0 spiro atoms. The molecule has 96 valence electrons. The van der Waals surface area contributed by atoms with Crippen LogP contribution in [0.25, 0.3) is 0 Å². The van der Waals surface area contributed by atoms with Gasteiger partial charge in [-0.2, -0.15) is 0 Å². The first-order valence-electron chi connectivity index (χ1n) is 5.92. The van der Waals surface area contributed by atoms with Gasteiger partial charge in [0.15, 0.2) is 0 Å². The SMILES string of the molecule is C=CCOCCC(C)OC(C)(C)CC(C)O. The van der Waals surface area contributed by atoms with E-state index >= 15 is 0 Å². The van der Waals surface area contributed by atoms with E-state index in [2.05, 4.69) is 6.58 Å². The number of ether oxygens (including phenoxy) is 2. The molecular weight excluding hydrogens is 204 g/mol. The van der Waals surface area contributed by atoms with E-state index in [-0.39, 0.29) is 17.8 Å². The van der Waals surface area contributed by atoms with Crippen LogP contribution in [0, 0.1) is 0 Å². The van der Waals surface area contributed by atoms with Crippen LogP contribution in [0.3, 0.4) is 0 Å². The van der Waals surface area contributed by atoms with Crippen molar-refractivity contribution >= 4 is 0 Å². The first-order valence-corrected chi connectivity index (χ1v) is 5.92. The van der Waals surface area contributed by atoms with Crippen LogP contribution < -0.4 is 0 Å². The zero-order valence-electron chi connectivity index (χ0n) is 11.0. The second kappa shape index (κ2) is 7.82. The third-order valence-corrected chi connectivity index (χ3v) is 2.21. The molecule has 0 aliphatic rings. The minimum absolute atomic E-state index is 0.138. The summed E-state index contributed by atoms with van der Waals surface area (Å²) in [6.45, 7) is 12.7. The second-order valence-electron chi connectivity index (χ2n) is 4.89. The van der Waals surface area contributed by atoms with E-state index in [0.29, 0.717) is 19.6 Å². The molecule has 0 aromatic rings. The average Bonchev–Trinajstić information content (AvgIpc) is 2.09. The third kappa shape index (κ3) is 8.89. The van der Waals surface area contributed by atoms with Crippen molar-refractivity contribution in [3.05, 3.63) is 12.7 Å². The fourth-order valence-corrected chi connectivity index (χ4v) is 1.78. The van der Waals surface area contributed by atoms with Crippen LogP contribution in [-0.4, -0.2) is 36.1 Å². The lowest BCUT2D eigenvalue weighted by Gasteiger charge is -2.30. The zero-order chi connectivity index (χ0) is 12.6. The van der Waals surface area contributed by atoms with Gasteiger partial charge in [-0.25, -0.2) is 0 Å². The number of hydrogen-bond acceptors (Lipinski definition) is 3. The summed E-state index contributed by atoms with van der Waals surface area (Å²) in [5, 5.41) is 9.33. The van der Waals surface area contributed by atoms with E-state index < -0.39 is 0 Å². The maximum atomic E-state index is 9.33. The Bertz CT molecular complexity index is 188. The zero-order valence-corrected chi connectivity index (χ0v) is 11.0. The molecule has 0 amide bonds. The molecule has 0 saturated carbocycles. The molecule has 0 rings (SSSR count).